The third kappa shape index (κ3) is 3.47. The van der Waals surface area contributed by atoms with E-state index in [1.807, 2.05) is 12.1 Å². The van der Waals surface area contributed by atoms with Gasteiger partial charge < -0.3 is 10.5 Å². The second-order valence-electron chi connectivity index (χ2n) is 5.12. The molecule has 1 aromatic carbocycles. The highest BCUT2D eigenvalue weighted by Crippen LogP contribution is 2.27. The fourth-order valence-electron chi connectivity index (χ4n) is 2.80. The molecule has 1 aliphatic carbocycles. The summed E-state index contributed by atoms with van der Waals surface area (Å²) in [5.41, 5.74) is 7.63. The Hall–Kier alpha value is -1.02. The molecule has 0 aromatic heterocycles. The molecule has 0 radical (unpaired) electrons. The Labute approximate surface area is 104 Å². The van der Waals surface area contributed by atoms with E-state index in [0.29, 0.717) is 6.04 Å². The lowest BCUT2D eigenvalue weighted by Gasteiger charge is -2.27. The molecule has 2 rings (SSSR count). The van der Waals surface area contributed by atoms with Crippen molar-refractivity contribution in [3.63, 3.8) is 0 Å². The van der Waals surface area contributed by atoms with E-state index < -0.39 is 0 Å². The minimum atomic E-state index is 0.308. The smallest absolute Gasteiger partial charge is 0.119 e. The maximum Gasteiger partial charge on any atom is 0.119 e. The zero-order valence-corrected chi connectivity index (χ0v) is 10.7. The lowest BCUT2D eigenvalue weighted by molar-refractivity contribution is 0.303. The van der Waals surface area contributed by atoms with Crippen LogP contribution in [0.3, 0.4) is 0 Å². The van der Waals surface area contributed by atoms with Crippen molar-refractivity contribution in [3.8, 4) is 5.75 Å². The zero-order chi connectivity index (χ0) is 12.1. The molecule has 1 fully saturated rings. The maximum atomic E-state index is 6.33. The van der Waals surface area contributed by atoms with Crippen LogP contribution in [0.15, 0.2) is 24.3 Å². The van der Waals surface area contributed by atoms with Crippen LogP contribution in [0.1, 0.15) is 37.7 Å². The molecular formula is C15H23NO. The van der Waals surface area contributed by atoms with Crippen molar-refractivity contribution < 1.29 is 4.74 Å². The van der Waals surface area contributed by atoms with Crippen LogP contribution < -0.4 is 10.5 Å². The topological polar surface area (TPSA) is 35.2 Å². The number of benzene rings is 1. The van der Waals surface area contributed by atoms with E-state index in [9.17, 15) is 0 Å². The van der Waals surface area contributed by atoms with E-state index >= 15 is 0 Å². The molecule has 1 aromatic rings. The largest absolute Gasteiger partial charge is 0.497 e. The van der Waals surface area contributed by atoms with Crippen LogP contribution >= 0.6 is 0 Å². The third-order valence-electron chi connectivity index (χ3n) is 3.86. The molecule has 94 valence electrons. The average Bonchev–Trinajstić information content (AvgIpc) is 2.40. The van der Waals surface area contributed by atoms with Gasteiger partial charge in [0, 0.05) is 6.04 Å². The molecule has 0 heterocycles. The first kappa shape index (κ1) is 12.4. The Balaban J connectivity index is 1.94. The predicted octanol–water partition coefficient (Wildman–Crippen LogP) is 3.15. The fraction of sp³-hybridized carbons (Fsp3) is 0.600. The molecule has 17 heavy (non-hydrogen) atoms. The number of ether oxygens (including phenoxy) is 1. The van der Waals surface area contributed by atoms with Gasteiger partial charge in [0.05, 0.1) is 7.11 Å². The Morgan fingerprint density at radius 1 is 1.29 bits per heavy atom. The van der Waals surface area contributed by atoms with Crippen molar-refractivity contribution in [2.24, 2.45) is 11.7 Å². The van der Waals surface area contributed by atoms with Crippen molar-refractivity contribution in [2.45, 2.75) is 44.6 Å². The summed E-state index contributed by atoms with van der Waals surface area (Å²) in [4.78, 5) is 0. The van der Waals surface area contributed by atoms with Crippen molar-refractivity contribution in [1.82, 2.24) is 0 Å². The van der Waals surface area contributed by atoms with Gasteiger partial charge in [-0.15, -0.1) is 0 Å². The van der Waals surface area contributed by atoms with E-state index in [0.717, 1.165) is 18.1 Å². The van der Waals surface area contributed by atoms with Gasteiger partial charge >= 0.3 is 0 Å². The van der Waals surface area contributed by atoms with Gasteiger partial charge in [0.1, 0.15) is 5.75 Å². The van der Waals surface area contributed by atoms with Gasteiger partial charge in [-0.3, -0.25) is 0 Å². The van der Waals surface area contributed by atoms with Crippen molar-refractivity contribution in [2.75, 3.05) is 7.11 Å². The summed E-state index contributed by atoms with van der Waals surface area (Å²) in [6.45, 7) is 0. The van der Waals surface area contributed by atoms with Crippen LogP contribution in [0.2, 0.25) is 0 Å². The highest BCUT2D eigenvalue weighted by molar-refractivity contribution is 5.29. The normalized spacial score (nSPS) is 18.9. The third-order valence-corrected chi connectivity index (χ3v) is 3.86. The van der Waals surface area contributed by atoms with Crippen LogP contribution in [0.25, 0.3) is 0 Å². The highest BCUT2D eigenvalue weighted by atomic mass is 16.5. The highest BCUT2D eigenvalue weighted by Gasteiger charge is 2.20. The summed E-state index contributed by atoms with van der Waals surface area (Å²) in [5, 5.41) is 0. The summed E-state index contributed by atoms with van der Waals surface area (Å²) in [5.74, 6) is 1.65. The molecule has 0 bridgehead atoms. The quantitative estimate of drug-likeness (QED) is 0.867. The minimum absolute atomic E-state index is 0.308. The van der Waals surface area contributed by atoms with Crippen molar-refractivity contribution in [3.05, 3.63) is 29.8 Å². The van der Waals surface area contributed by atoms with Gasteiger partial charge in [0.25, 0.3) is 0 Å². The summed E-state index contributed by atoms with van der Waals surface area (Å²) in [6.07, 6.45) is 7.70. The Kier molecular flexibility index (Phi) is 4.43. The molecule has 1 saturated carbocycles. The Bertz CT molecular complexity index is 345. The van der Waals surface area contributed by atoms with Gasteiger partial charge in [-0.05, 0) is 42.9 Å². The minimum Gasteiger partial charge on any atom is -0.497 e. The first-order valence-corrected chi connectivity index (χ1v) is 6.68. The van der Waals surface area contributed by atoms with Gasteiger partial charge in [-0.2, -0.15) is 0 Å². The second-order valence-corrected chi connectivity index (χ2v) is 5.12. The molecule has 1 aliphatic rings. The van der Waals surface area contributed by atoms with Gasteiger partial charge in [-0.25, -0.2) is 0 Å². The summed E-state index contributed by atoms with van der Waals surface area (Å²) < 4.78 is 5.24. The number of hydrogen-bond donors (Lipinski definition) is 1. The van der Waals surface area contributed by atoms with Crippen molar-refractivity contribution >= 4 is 0 Å². The van der Waals surface area contributed by atoms with E-state index in [1.165, 1.54) is 37.7 Å². The zero-order valence-electron chi connectivity index (χ0n) is 10.7. The number of hydrogen-bond acceptors (Lipinski definition) is 2. The van der Waals surface area contributed by atoms with Crippen LogP contribution in [0.4, 0.5) is 0 Å². The summed E-state index contributed by atoms with van der Waals surface area (Å²) in [7, 11) is 1.71. The molecule has 1 atom stereocenters. The van der Waals surface area contributed by atoms with Crippen LogP contribution in [0.5, 0.6) is 5.75 Å². The molecule has 2 heteroatoms. The average molecular weight is 233 g/mol. The van der Waals surface area contributed by atoms with Crippen LogP contribution in [-0.2, 0) is 6.42 Å². The molecule has 0 amide bonds. The second kappa shape index (κ2) is 6.06. The van der Waals surface area contributed by atoms with E-state index in [2.05, 4.69) is 12.1 Å². The van der Waals surface area contributed by atoms with E-state index in [4.69, 9.17) is 10.5 Å². The molecule has 0 spiro atoms. The lowest BCUT2D eigenvalue weighted by atomic mass is 9.82. The van der Waals surface area contributed by atoms with E-state index in [1.54, 1.807) is 7.11 Å². The molecule has 2 N–H and O–H groups in total. The Morgan fingerprint density at radius 3 is 2.76 bits per heavy atom. The van der Waals surface area contributed by atoms with Crippen LogP contribution in [0, 0.1) is 5.92 Å². The Morgan fingerprint density at radius 2 is 2.06 bits per heavy atom. The van der Waals surface area contributed by atoms with Crippen LogP contribution in [-0.4, -0.2) is 13.2 Å². The summed E-state index contributed by atoms with van der Waals surface area (Å²) >= 11 is 0. The molecular weight excluding hydrogens is 210 g/mol. The van der Waals surface area contributed by atoms with Gasteiger partial charge in [0.15, 0.2) is 0 Å². The SMILES string of the molecule is COc1cccc(CC(N)C2CCCCC2)c1. The van der Waals surface area contributed by atoms with Gasteiger partial charge in [0.2, 0.25) is 0 Å². The van der Waals surface area contributed by atoms with Gasteiger partial charge in [-0.1, -0.05) is 31.4 Å². The maximum absolute atomic E-state index is 6.33. The standard InChI is InChI=1S/C15H23NO/c1-17-14-9-5-6-12(10-14)11-15(16)13-7-3-2-4-8-13/h5-6,9-10,13,15H,2-4,7-8,11,16H2,1H3. The number of methoxy groups -OCH3 is 1. The van der Waals surface area contributed by atoms with Crippen molar-refractivity contribution in [1.29, 1.82) is 0 Å². The molecule has 0 saturated heterocycles. The first-order chi connectivity index (χ1) is 8.29. The monoisotopic (exact) mass is 233 g/mol. The fourth-order valence-corrected chi connectivity index (χ4v) is 2.80. The lowest BCUT2D eigenvalue weighted by Crippen LogP contribution is -2.33. The molecule has 0 aliphatic heterocycles. The number of rotatable bonds is 4. The van der Waals surface area contributed by atoms with E-state index in [-0.39, 0.29) is 0 Å². The summed E-state index contributed by atoms with van der Waals surface area (Å²) in [6, 6.07) is 8.58. The predicted molar refractivity (Wildman–Crippen MR) is 71.2 cm³/mol. The molecule has 1 unspecified atom stereocenters. The molecule has 2 nitrogen and oxygen atoms in total. The number of nitrogens with two attached hydrogens (primary N) is 1. The first-order valence-electron chi connectivity index (χ1n) is 6.68.